The van der Waals surface area contributed by atoms with Gasteiger partial charge in [0.05, 0.1) is 11.5 Å². The van der Waals surface area contributed by atoms with Crippen LogP contribution in [0.3, 0.4) is 0 Å². The Morgan fingerprint density at radius 1 is 1.46 bits per heavy atom. The van der Waals surface area contributed by atoms with Crippen molar-refractivity contribution in [1.29, 1.82) is 0 Å². The fourth-order valence-electron chi connectivity index (χ4n) is 2.99. The summed E-state index contributed by atoms with van der Waals surface area (Å²) in [5.41, 5.74) is 0. The summed E-state index contributed by atoms with van der Waals surface area (Å²) in [6, 6.07) is 0.374. The van der Waals surface area contributed by atoms with Crippen molar-refractivity contribution in [2.45, 2.75) is 51.3 Å². The van der Waals surface area contributed by atoms with Crippen LogP contribution in [0.4, 0.5) is 0 Å². The Balaban J connectivity index is 0.00000288. The van der Waals surface area contributed by atoms with Crippen LogP contribution in [0.25, 0.3) is 0 Å². The lowest BCUT2D eigenvalue weighted by Crippen LogP contribution is -2.52. The average molecular weight is 489 g/mol. The second kappa shape index (κ2) is 9.30. The van der Waals surface area contributed by atoms with Gasteiger partial charge in [-0.3, -0.25) is 4.99 Å². The second-order valence-electron chi connectivity index (χ2n) is 7.42. The van der Waals surface area contributed by atoms with Crippen LogP contribution in [0, 0.1) is 5.92 Å². The van der Waals surface area contributed by atoms with Gasteiger partial charge >= 0.3 is 0 Å². The van der Waals surface area contributed by atoms with Gasteiger partial charge in [-0.1, -0.05) is 6.92 Å². The molecule has 0 saturated carbocycles. The van der Waals surface area contributed by atoms with Gasteiger partial charge in [0.2, 0.25) is 0 Å². The van der Waals surface area contributed by atoms with Gasteiger partial charge < -0.3 is 10.2 Å². The van der Waals surface area contributed by atoms with Crippen molar-refractivity contribution >= 4 is 51.5 Å². The predicted octanol–water partition coefficient (Wildman–Crippen LogP) is 2.61. The zero-order valence-corrected chi connectivity index (χ0v) is 19.2. The zero-order valence-electron chi connectivity index (χ0n) is 15.2. The molecule has 2 aliphatic rings. The van der Waals surface area contributed by atoms with Crippen LogP contribution < -0.4 is 5.32 Å². The Hall–Kier alpha value is 0.300. The molecule has 2 unspecified atom stereocenters. The number of thioether (sulfide) groups is 1. The van der Waals surface area contributed by atoms with Crippen LogP contribution in [0.1, 0.15) is 40.5 Å². The smallest absolute Gasteiger partial charge is 0.194 e. The third-order valence-electron chi connectivity index (χ3n) is 4.54. The number of guanidine groups is 1. The summed E-state index contributed by atoms with van der Waals surface area (Å²) in [5, 5.41) is 3.54. The fraction of sp³-hybridized carbons (Fsp3) is 0.938. The first-order valence-corrected chi connectivity index (χ1v) is 11.4. The van der Waals surface area contributed by atoms with Gasteiger partial charge in [0.25, 0.3) is 0 Å². The number of nitrogens with one attached hydrogen (secondary N) is 1. The van der Waals surface area contributed by atoms with E-state index in [2.05, 4.69) is 37.9 Å². The molecule has 2 rings (SSSR count). The summed E-state index contributed by atoms with van der Waals surface area (Å²) in [6.07, 6.45) is 1.80. The molecule has 0 aliphatic carbocycles. The Bertz CT molecular complexity index is 537. The van der Waals surface area contributed by atoms with Gasteiger partial charge in [-0.25, -0.2) is 8.42 Å². The number of halogens is 1. The maximum Gasteiger partial charge on any atom is 0.194 e. The van der Waals surface area contributed by atoms with E-state index in [1.165, 1.54) is 0 Å². The highest BCUT2D eigenvalue weighted by Gasteiger charge is 2.30. The number of rotatable bonds is 4. The molecule has 8 heteroatoms. The highest BCUT2D eigenvalue weighted by molar-refractivity contribution is 14.0. The molecule has 0 aromatic carbocycles. The van der Waals surface area contributed by atoms with Gasteiger partial charge in [0, 0.05) is 36.2 Å². The molecule has 0 bridgehead atoms. The maximum absolute atomic E-state index is 11.6. The molecular formula is C16H32IN3O2S2. The quantitative estimate of drug-likeness (QED) is 0.374. The minimum Gasteiger partial charge on any atom is -0.354 e. The lowest BCUT2D eigenvalue weighted by Gasteiger charge is -2.40. The molecule has 2 aliphatic heterocycles. The van der Waals surface area contributed by atoms with Gasteiger partial charge in [0.1, 0.15) is 0 Å². The van der Waals surface area contributed by atoms with E-state index in [1.54, 1.807) is 0 Å². The number of hydrogen-bond donors (Lipinski definition) is 1. The molecule has 0 spiro atoms. The first-order chi connectivity index (χ1) is 10.7. The van der Waals surface area contributed by atoms with Gasteiger partial charge in [-0.05, 0) is 39.5 Å². The standard InChI is InChI=1S/C16H31N3O2S2.HI/c1-5-13(2)18-15(19-7-8-22-16(3,4)12-19)17-10-14-6-9-23(20,21)11-14;/h13-14H,5-12H2,1-4H3,(H,17,18);1H. The number of hydrogen-bond acceptors (Lipinski definition) is 4. The van der Waals surface area contributed by atoms with Gasteiger partial charge in [-0.2, -0.15) is 11.8 Å². The Morgan fingerprint density at radius 2 is 2.17 bits per heavy atom. The summed E-state index contributed by atoms with van der Waals surface area (Å²) in [6.45, 7) is 11.5. The molecule has 5 nitrogen and oxygen atoms in total. The molecule has 0 aromatic heterocycles. The minimum absolute atomic E-state index is 0. The lowest BCUT2D eigenvalue weighted by atomic mass is 10.1. The average Bonchev–Trinajstić information content (AvgIpc) is 2.81. The van der Waals surface area contributed by atoms with Crippen LogP contribution >= 0.6 is 35.7 Å². The van der Waals surface area contributed by atoms with Crippen molar-refractivity contribution in [3.8, 4) is 0 Å². The molecule has 24 heavy (non-hydrogen) atoms. The van der Waals surface area contributed by atoms with Crippen LogP contribution in [-0.2, 0) is 9.84 Å². The van der Waals surface area contributed by atoms with Crippen molar-refractivity contribution < 1.29 is 8.42 Å². The van der Waals surface area contributed by atoms with Crippen molar-refractivity contribution in [2.24, 2.45) is 10.9 Å². The molecule has 2 atom stereocenters. The van der Waals surface area contributed by atoms with E-state index in [9.17, 15) is 8.42 Å². The largest absolute Gasteiger partial charge is 0.354 e. The topological polar surface area (TPSA) is 61.8 Å². The molecular weight excluding hydrogens is 457 g/mol. The summed E-state index contributed by atoms with van der Waals surface area (Å²) in [7, 11) is -2.82. The van der Waals surface area contributed by atoms with Crippen molar-refractivity contribution in [3.05, 3.63) is 0 Å². The van der Waals surface area contributed by atoms with E-state index in [0.29, 0.717) is 24.1 Å². The van der Waals surface area contributed by atoms with Crippen LogP contribution in [0.5, 0.6) is 0 Å². The van der Waals surface area contributed by atoms with Crippen LogP contribution in [0.15, 0.2) is 4.99 Å². The van der Waals surface area contributed by atoms with Crippen molar-refractivity contribution in [2.75, 3.05) is 36.9 Å². The first-order valence-electron chi connectivity index (χ1n) is 8.61. The van der Waals surface area contributed by atoms with Crippen molar-refractivity contribution in [1.82, 2.24) is 10.2 Å². The first kappa shape index (κ1) is 22.3. The Morgan fingerprint density at radius 3 is 2.71 bits per heavy atom. The van der Waals surface area contributed by atoms with E-state index < -0.39 is 9.84 Å². The summed E-state index contributed by atoms with van der Waals surface area (Å²) in [5.74, 6) is 2.87. The fourth-order valence-corrected chi connectivity index (χ4v) is 5.95. The SMILES string of the molecule is CCC(C)NC(=NCC1CCS(=O)(=O)C1)N1CCSC(C)(C)C1.I. The third kappa shape index (κ3) is 6.90. The van der Waals surface area contributed by atoms with Gasteiger partial charge in [0.15, 0.2) is 15.8 Å². The zero-order chi connectivity index (χ0) is 17.1. The highest BCUT2D eigenvalue weighted by Crippen LogP contribution is 2.29. The minimum atomic E-state index is -2.82. The highest BCUT2D eigenvalue weighted by atomic mass is 127. The molecule has 142 valence electrons. The van der Waals surface area contributed by atoms with Crippen LogP contribution in [0.2, 0.25) is 0 Å². The Labute approximate surface area is 168 Å². The number of aliphatic imine (C=N–C) groups is 1. The molecule has 2 saturated heterocycles. The molecule has 0 aromatic rings. The van der Waals surface area contributed by atoms with E-state index in [-0.39, 0.29) is 34.6 Å². The predicted molar refractivity (Wildman–Crippen MR) is 115 cm³/mol. The van der Waals surface area contributed by atoms with E-state index in [4.69, 9.17) is 4.99 Å². The second-order valence-corrected chi connectivity index (χ2v) is 11.4. The normalized spacial score (nSPS) is 27.4. The molecule has 2 heterocycles. The van der Waals surface area contributed by atoms with E-state index in [0.717, 1.165) is 37.6 Å². The summed E-state index contributed by atoms with van der Waals surface area (Å²) in [4.78, 5) is 7.15. The summed E-state index contributed by atoms with van der Waals surface area (Å²) < 4.78 is 23.5. The lowest BCUT2D eigenvalue weighted by molar-refractivity contribution is 0.368. The monoisotopic (exact) mass is 489 g/mol. The number of sulfone groups is 1. The van der Waals surface area contributed by atoms with Gasteiger partial charge in [-0.15, -0.1) is 24.0 Å². The molecule has 0 amide bonds. The van der Waals surface area contributed by atoms with Crippen molar-refractivity contribution in [3.63, 3.8) is 0 Å². The summed E-state index contributed by atoms with van der Waals surface area (Å²) >= 11 is 2.01. The maximum atomic E-state index is 11.6. The number of nitrogens with zero attached hydrogens (tertiary/aromatic N) is 2. The Kier molecular flexibility index (Phi) is 8.66. The molecule has 0 radical (unpaired) electrons. The van der Waals surface area contributed by atoms with Crippen LogP contribution in [-0.4, -0.2) is 67.0 Å². The third-order valence-corrected chi connectivity index (χ3v) is 7.67. The molecule has 1 N–H and O–H groups in total. The molecule has 2 fully saturated rings. The van der Waals surface area contributed by atoms with E-state index >= 15 is 0 Å². The van der Waals surface area contributed by atoms with E-state index in [1.807, 2.05) is 11.8 Å².